The second-order valence-corrected chi connectivity index (χ2v) is 102. The molecule has 0 aliphatic heterocycles. The third kappa shape index (κ3) is 65.4. The van der Waals surface area contributed by atoms with E-state index < -0.39 is 141 Å². The van der Waals surface area contributed by atoms with E-state index in [9.17, 15) is 55.3 Å². The molecule has 0 saturated heterocycles. The Kier molecular flexibility index (Phi) is 62.3. The third-order valence-electron chi connectivity index (χ3n) is 20.0. The van der Waals surface area contributed by atoms with Gasteiger partial charge in [0.1, 0.15) is 0 Å². The molecule has 0 saturated carbocycles. The number of hydrogen-bond acceptors (Lipinski definition) is 24. The first-order valence-electron chi connectivity index (χ1n) is 46.5. The SMILES string of the molecule is C[Si](C)(CCCCS(=O)(=O)c1ccccc1)O[Si](C)(C)CCCCS(=O)(=O)c1ccccc1.C[Si](C)(CCCN)O[Si](C)(C)CCCN.C[Si](C)(CCCNS(=O)(=O)c1ccccc1)O[Si](C)(C)CSc1ncccn1.C[Si](C)(CCl)O[Si](C)(C)CCCCS(=O)(=O)c1ccccc1.C[Si](C)(Cl)CCl.C[Si](C)(O)CCCCS(=O)(=O)c1ccccc1.O=S(=O)(Cl)c1ccccc1.S=c1nccc[nH]1. The normalized spacial score (nSPS) is 12.7. The highest BCUT2D eigenvalue weighted by molar-refractivity contribution is 8.13. The largest absolute Gasteiger partial charge is 0.455 e. The lowest BCUT2D eigenvalue weighted by atomic mass is 10.4. The van der Waals surface area contributed by atoms with E-state index in [1.54, 1.807) is 194 Å². The van der Waals surface area contributed by atoms with Gasteiger partial charge in [0.15, 0.2) is 132 Å². The number of unbranched alkanes of at least 4 members (excludes halogenated alkanes) is 4. The van der Waals surface area contributed by atoms with Crippen molar-refractivity contribution in [3.8, 4) is 0 Å². The van der Waals surface area contributed by atoms with Crippen molar-refractivity contribution in [2.45, 2.75) is 278 Å². The Hall–Kier alpha value is -3.24. The van der Waals surface area contributed by atoms with Crippen molar-refractivity contribution in [2.24, 2.45) is 11.5 Å². The number of nitrogens with two attached hydrogens (primary N) is 2. The molecule has 46 heteroatoms. The van der Waals surface area contributed by atoms with Crippen LogP contribution >= 0.6 is 68.9 Å². The number of benzene rings is 6. The van der Waals surface area contributed by atoms with E-state index in [1.165, 1.54) is 24.2 Å². The summed E-state index contributed by atoms with van der Waals surface area (Å²) in [5, 5.41) is 1.68. The maximum atomic E-state index is 12.4. The van der Waals surface area contributed by atoms with E-state index in [0.717, 1.165) is 98.8 Å². The minimum atomic E-state index is -3.53. The van der Waals surface area contributed by atoms with Crippen molar-refractivity contribution in [1.29, 1.82) is 0 Å². The lowest BCUT2D eigenvalue weighted by Crippen LogP contribution is -2.46. The second kappa shape index (κ2) is 64.8. The summed E-state index contributed by atoms with van der Waals surface area (Å²) in [5.41, 5.74) is 12.3. The summed E-state index contributed by atoms with van der Waals surface area (Å²) in [6.07, 6.45) is 15.8. The quantitative estimate of drug-likeness (QED) is 0.00345. The molecule has 138 heavy (non-hydrogen) atoms. The molecule has 0 spiro atoms. The van der Waals surface area contributed by atoms with E-state index in [1.807, 2.05) is 50.5 Å². The molecule has 0 atom stereocenters. The minimum Gasteiger partial charge on any atom is -0.455 e. The van der Waals surface area contributed by atoms with E-state index >= 15 is 0 Å². The zero-order valence-corrected chi connectivity index (χ0v) is 104. The smallest absolute Gasteiger partial charge is 0.261 e. The Labute approximate surface area is 869 Å². The summed E-state index contributed by atoms with van der Waals surface area (Å²) in [6, 6.07) is 61.2. The number of hydrogen-bond donors (Lipinski definition) is 5. The fourth-order valence-corrected chi connectivity index (χ4v) is 58.8. The predicted octanol–water partition coefficient (Wildman–Crippen LogP) is 23.8. The van der Waals surface area contributed by atoms with Crippen LogP contribution in [0.5, 0.6) is 0 Å². The Morgan fingerprint density at radius 2 is 0.623 bits per heavy atom. The van der Waals surface area contributed by atoms with Gasteiger partial charge in [-0.05, 0) is 315 Å². The maximum absolute atomic E-state index is 12.4. The Bertz CT molecular complexity index is 5350. The van der Waals surface area contributed by atoms with Gasteiger partial charge in [-0.3, -0.25) is 0 Å². The molecule has 780 valence electrons. The van der Waals surface area contributed by atoms with E-state index in [2.05, 4.69) is 142 Å². The molecule has 0 amide bonds. The molecule has 8 rings (SSSR count). The molecular weight excluding hydrogens is 2150 g/mol. The van der Waals surface area contributed by atoms with Crippen molar-refractivity contribution in [3.05, 3.63) is 224 Å². The topological polar surface area (TPSA) is 381 Å². The minimum absolute atomic E-state index is 0.136. The fourth-order valence-electron chi connectivity index (χ4n) is 13.7. The number of halogens is 4. The molecule has 2 heterocycles. The van der Waals surface area contributed by atoms with Gasteiger partial charge in [-0.15, -0.1) is 23.2 Å². The Balaban J connectivity index is 0.000000829. The molecular formula is C92H159Cl4N7O17S8Si10. The first-order chi connectivity index (χ1) is 63.7. The fraction of sp³-hybridized carbons (Fsp3) is 0.522. The number of sulfone groups is 4. The number of aromatic amines is 1. The first-order valence-corrected chi connectivity index (χ1v) is 91.7. The molecule has 0 aliphatic carbocycles. The Morgan fingerprint density at radius 1 is 0.355 bits per heavy atom. The van der Waals surface area contributed by atoms with Gasteiger partial charge in [0.05, 0.1) is 52.4 Å². The molecule has 2 aromatic heterocycles. The first kappa shape index (κ1) is 133. The summed E-state index contributed by atoms with van der Waals surface area (Å²) >= 11 is 23.4. The summed E-state index contributed by atoms with van der Waals surface area (Å²) in [5.74, 6) is 0.704. The van der Waals surface area contributed by atoms with Crippen LogP contribution in [0.25, 0.3) is 0 Å². The highest BCUT2D eigenvalue weighted by Crippen LogP contribution is 2.31. The van der Waals surface area contributed by atoms with Crippen molar-refractivity contribution < 1.29 is 71.8 Å². The zero-order valence-electron chi connectivity index (χ0n) is 84.8. The van der Waals surface area contributed by atoms with Crippen molar-refractivity contribution in [3.63, 3.8) is 0 Å². The van der Waals surface area contributed by atoms with Crippen molar-refractivity contribution >= 4 is 210 Å². The summed E-state index contributed by atoms with van der Waals surface area (Å²) in [7, 11) is -32.1. The average Bonchev–Trinajstić information content (AvgIpc) is 0.850. The molecule has 7 N–H and O–H groups in total. The highest BCUT2D eigenvalue weighted by Gasteiger charge is 2.37. The molecule has 0 radical (unpaired) electrons. The molecule has 8 aromatic rings. The van der Waals surface area contributed by atoms with Crippen LogP contribution in [-0.2, 0) is 74.9 Å². The van der Waals surface area contributed by atoms with Gasteiger partial charge in [-0.25, -0.2) is 70.2 Å². The number of nitrogens with one attached hydrogen (secondary N) is 2. The van der Waals surface area contributed by atoms with Crippen LogP contribution < -0.4 is 16.2 Å². The van der Waals surface area contributed by atoms with Gasteiger partial charge in [0.2, 0.25) is 10.0 Å². The van der Waals surface area contributed by atoms with Crippen molar-refractivity contribution in [1.82, 2.24) is 24.7 Å². The number of nitrogens with zero attached hydrogens (tertiary/aromatic N) is 3. The number of rotatable bonds is 50. The number of H-pyrrole nitrogens is 1. The van der Waals surface area contributed by atoms with Gasteiger partial charge in [0.25, 0.3) is 9.05 Å². The van der Waals surface area contributed by atoms with Crippen LogP contribution in [0.3, 0.4) is 0 Å². The maximum Gasteiger partial charge on any atom is 0.261 e. The molecule has 6 aromatic carbocycles. The molecule has 24 nitrogen and oxygen atoms in total. The summed E-state index contributed by atoms with van der Waals surface area (Å²) in [6.45, 7) is 45.3. The summed E-state index contributed by atoms with van der Waals surface area (Å²) in [4.78, 5) is 26.7. The van der Waals surface area contributed by atoms with Crippen LogP contribution in [0.4, 0.5) is 0 Å². The monoisotopic (exact) mass is 2310 g/mol. The molecule has 0 unspecified atom stereocenters. The van der Waals surface area contributed by atoms with Gasteiger partial charge in [-0.2, -0.15) is 11.1 Å². The highest BCUT2D eigenvalue weighted by atomic mass is 35.7. The van der Waals surface area contributed by atoms with Crippen LogP contribution in [0.15, 0.2) is 253 Å². The van der Waals surface area contributed by atoms with Gasteiger partial charge in [0, 0.05) is 58.4 Å². The van der Waals surface area contributed by atoms with Crippen LogP contribution in [0, 0.1) is 4.77 Å². The molecule has 0 bridgehead atoms. The second-order valence-electron chi connectivity index (χ2n) is 39.4. The zero-order chi connectivity index (χ0) is 105. The average molecular weight is 2310 g/mol. The summed E-state index contributed by atoms with van der Waals surface area (Å²) < 4.78 is 173. The van der Waals surface area contributed by atoms with Gasteiger partial charge < -0.3 is 37.7 Å². The molecule has 0 fully saturated rings. The van der Waals surface area contributed by atoms with Crippen LogP contribution in [-0.4, -0.2) is 217 Å². The number of thioether (sulfide) groups is 1. The lowest BCUT2D eigenvalue weighted by molar-refractivity contribution is 0.527. The van der Waals surface area contributed by atoms with E-state index in [-0.39, 0.29) is 27.9 Å². The number of aromatic nitrogens is 4. The lowest BCUT2D eigenvalue weighted by Gasteiger charge is -2.34. The van der Waals surface area contributed by atoms with Crippen LogP contribution in [0.1, 0.15) is 70.6 Å². The van der Waals surface area contributed by atoms with Gasteiger partial charge >= 0.3 is 0 Å². The van der Waals surface area contributed by atoms with E-state index in [0.29, 0.717) is 72.5 Å². The van der Waals surface area contributed by atoms with Gasteiger partial charge in [-0.1, -0.05) is 160 Å². The standard InChI is InChI=1S/C24H38O5S2Si2.C18H29N3O3S2Si2.C15H27ClO3SSi2.C12H20O3SSi.C10H28N2OSi2.C6H5ClO2S.C4H4N2S.C3H8Cl2Si/c1-32(2,21-13-11-19-30(25,26)23-15-7-5-8-16-23)29-33(3,4)22-14-12-20-31(27,28)24-17-9-6-10-18-24;1-27(2,24-28(3,4)16-25-18-19-12-8-13-20-18)15-9-14-21-26(22,23)17-10-6-5-7-11-17;1-21(2,19-22(3,4)14-16)13-9-8-12-20(17,18)15-10-6-5-7-11-15;1-17(2,15)11-7-6-10-16(13,14)12-8-4-3-5-9-12;1-14(2,9-5-7-11)13-15(3,4)10-6-8-12;7-10(8,9)6-4-2-1-3-5-6;7-4-5-2-1-3-6-4;1-6(2,5)3-4/h5-10,15-18H,11-14,19-22H2,1-4H3;5-8,10-13,21H,9,14-16H2,1-4H3;5-7,10-11H,8-9,12-14H2,1-4H3;3-5,8-9,15H,6-7,10-11H2,1-2H3;5-12H2,1-4H3;1-5H;1-3H,(H,5,6,7);3H2,1-2H3. The number of sulfonamides is 1. The predicted molar refractivity (Wildman–Crippen MR) is 608 cm³/mol. The van der Waals surface area contributed by atoms with Crippen molar-refractivity contribution in [2.75, 3.05) is 59.0 Å². The number of alkyl halides is 2. The third-order valence-corrected chi connectivity index (χ3v) is 68.8. The van der Waals surface area contributed by atoms with E-state index in [4.69, 9.17) is 72.9 Å². The van der Waals surface area contributed by atoms with Crippen LogP contribution in [0.2, 0.25) is 173 Å². The Morgan fingerprint density at radius 3 is 0.877 bits per heavy atom. The molecule has 0 aliphatic rings.